The van der Waals surface area contributed by atoms with Gasteiger partial charge in [0.05, 0.1) is 16.7 Å². The van der Waals surface area contributed by atoms with E-state index in [1.165, 1.54) is 0 Å². The molecule has 1 atom stereocenters. The van der Waals surface area contributed by atoms with Gasteiger partial charge in [-0.1, -0.05) is 30.3 Å². The summed E-state index contributed by atoms with van der Waals surface area (Å²) in [5.41, 5.74) is 1.49. The highest BCUT2D eigenvalue weighted by Gasteiger charge is 2.27. The van der Waals surface area contributed by atoms with Gasteiger partial charge in [-0.05, 0) is 5.56 Å². The van der Waals surface area contributed by atoms with Crippen molar-refractivity contribution >= 4 is 18.5 Å². The predicted octanol–water partition coefficient (Wildman–Crippen LogP) is 1.96. The van der Waals surface area contributed by atoms with Gasteiger partial charge in [-0.3, -0.25) is 4.79 Å². The number of carbonyl (C=O) groups excluding carboxylic acids is 1. The first-order valence-electron chi connectivity index (χ1n) is 4.90. The van der Waals surface area contributed by atoms with Crippen molar-refractivity contribution in [2.75, 3.05) is 0 Å². The van der Waals surface area contributed by atoms with E-state index in [1.807, 2.05) is 30.3 Å². The molecule has 0 spiro atoms. The Labute approximate surface area is 99.2 Å². The number of carbonyl (C=O) groups is 1. The number of hydrogen-bond acceptors (Lipinski definition) is 3. The van der Waals surface area contributed by atoms with E-state index < -0.39 is 0 Å². The molecule has 1 aromatic rings. The van der Waals surface area contributed by atoms with Crippen LogP contribution in [-0.2, 0) is 4.79 Å². The first-order chi connectivity index (χ1) is 7.72. The molecule has 4 heteroatoms. The molecule has 1 N–H and O–H groups in total. The number of nitriles is 1. The summed E-state index contributed by atoms with van der Waals surface area (Å²) < 4.78 is 0. The van der Waals surface area contributed by atoms with Gasteiger partial charge in [0.2, 0.25) is 5.91 Å². The van der Waals surface area contributed by atoms with Crippen molar-refractivity contribution in [2.24, 2.45) is 0 Å². The summed E-state index contributed by atoms with van der Waals surface area (Å²) in [4.78, 5) is 11.4. The smallest absolute Gasteiger partial charge is 0.225 e. The van der Waals surface area contributed by atoms with Crippen LogP contribution in [-0.4, -0.2) is 5.91 Å². The fourth-order valence-electron chi connectivity index (χ4n) is 1.80. The quantitative estimate of drug-likeness (QED) is 0.724. The van der Waals surface area contributed by atoms with E-state index in [2.05, 4.69) is 24.0 Å². The van der Waals surface area contributed by atoms with E-state index in [0.29, 0.717) is 17.0 Å². The van der Waals surface area contributed by atoms with Crippen LogP contribution >= 0.6 is 12.6 Å². The zero-order chi connectivity index (χ0) is 11.5. The van der Waals surface area contributed by atoms with Crippen LogP contribution in [0.15, 0.2) is 40.9 Å². The molecule has 1 aliphatic heterocycles. The minimum absolute atomic E-state index is 0.0992. The second-order valence-corrected chi connectivity index (χ2v) is 4.04. The van der Waals surface area contributed by atoms with Crippen molar-refractivity contribution in [3.8, 4) is 6.07 Å². The lowest BCUT2D eigenvalue weighted by atomic mass is 9.87. The molecule has 1 heterocycles. The van der Waals surface area contributed by atoms with Gasteiger partial charge in [0.15, 0.2) is 0 Å². The maximum Gasteiger partial charge on any atom is 0.225 e. The number of amides is 1. The van der Waals surface area contributed by atoms with E-state index in [-0.39, 0.29) is 11.8 Å². The van der Waals surface area contributed by atoms with Crippen molar-refractivity contribution in [2.45, 2.75) is 12.3 Å². The molecule has 1 amide bonds. The molecule has 0 radical (unpaired) electrons. The lowest BCUT2D eigenvalue weighted by Crippen LogP contribution is -2.29. The van der Waals surface area contributed by atoms with Crippen molar-refractivity contribution < 1.29 is 4.79 Å². The molecular weight excluding hydrogens is 220 g/mol. The second kappa shape index (κ2) is 4.42. The molecule has 80 valence electrons. The molecule has 0 fully saturated rings. The molecule has 0 saturated heterocycles. The summed E-state index contributed by atoms with van der Waals surface area (Å²) in [6, 6.07) is 11.7. The molecule has 1 aromatic carbocycles. The molecule has 0 aliphatic carbocycles. The fourth-order valence-corrected chi connectivity index (χ4v) is 2.13. The third-order valence-electron chi connectivity index (χ3n) is 2.57. The Kier molecular flexibility index (Phi) is 2.97. The first-order valence-corrected chi connectivity index (χ1v) is 5.35. The maximum absolute atomic E-state index is 11.4. The monoisotopic (exact) mass is 230 g/mol. The highest BCUT2D eigenvalue weighted by molar-refractivity contribution is 7.84. The normalized spacial score (nSPS) is 20.2. The minimum Gasteiger partial charge on any atom is -0.320 e. The van der Waals surface area contributed by atoms with E-state index in [1.54, 1.807) is 0 Å². The molecule has 1 aliphatic rings. The van der Waals surface area contributed by atoms with Crippen LogP contribution in [0.5, 0.6) is 0 Å². The molecule has 3 nitrogen and oxygen atoms in total. The van der Waals surface area contributed by atoms with Crippen molar-refractivity contribution in [1.29, 1.82) is 5.26 Å². The minimum atomic E-state index is -0.174. The van der Waals surface area contributed by atoms with Gasteiger partial charge in [-0.15, -0.1) is 12.6 Å². The number of benzene rings is 1. The lowest BCUT2D eigenvalue weighted by molar-refractivity contribution is -0.120. The third-order valence-corrected chi connectivity index (χ3v) is 2.93. The molecule has 0 saturated carbocycles. The SMILES string of the molecule is N#CC1=C(S)NC(=O)C[C@@H]1c1ccccc1. The topological polar surface area (TPSA) is 52.9 Å². The van der Waals surface area contributed by atoms with Crippen LogP contribution in [0.25, 0.3) is 0 Å². The Morgan fingerprint density at radius 2 is 2.06 bits per heavy atom. The van der Waals surface area contributed by atoms with Gasteiger partial charge in [0.25, 0.3) is 0 Å². The van der Waals surface area contributed by atoms with Crippen LogP contribution in [0.4, 0.5) is 0 Å². The van der Waals surface area contributed by atoms with Crippen LogP contribution in [0, 0.1) is 11.3 Å². The van der Waals surface area contributed by atoms with E-state index >= 15 is 0 Å². The van der Waals surface area contributed by atoms with E-state index in [4.69, 9.17) is 5.26 Å². The summed E-state index contributed by atoms with van der Waals surface area (Å²) in [6.45, 7) is 0. The van der Waals surface area contributed by atoms with E-state index in [0.717, 1.165) is 5.56 Å². The molecule has 0 aromatic heterocycles. The summed E-state index contributed by atoms with van der Waals surface area (Å²) in [5.74, 6) is -0.273. The van der Waals surface area contributed by atoms with Gasteiger partial charge in [-0.25, -0.2) is 0 Å². The lowest BCUT2D eigenvalue weighted by Gasteiger charge is -2.22. The van der Waals surface area contributed by atoms with Crippen molar-refractivity contribution in [1.82, 2.24) is 5.32 Å². The van der Waals surface area contributed by atoms with Crippen LogP contribution in [0.1, 0.15) is 17.9 Å². The van der Waals surface area contributed by atoms with Gasteiger partial charge in [0, 0.05) is 12.3 Å². The van der Waals surface area contributed by atoms with Gasteiger partial charge in [-0.2, -0.15) is 5.26 Å². The summed E-state index contributed by atoms with van der Waals surface area (Å²) in [6.07, 6.45) is 0.303. The van der Waals surface area contributed by atoms with Gasteiger partial charge in [0.1, 0.15) is 0 Å². The zero-order valence-corrected chi connectivity index (χ0v) is 9.37. The molecule has 0 unspecified atom stereocenters. The Balaban J connectivity index is 2.45. The number of nitrogens with one attached hydrogen (secondary N) is 1. The predicted molar refractivity (Wildman–Crippen MR) is 63.6 cm³/mol. The number of allylic oxidation sites excluding steroid dienone is 1. The number of thiol groups is 1. The Bertz CT molecular complexity index is 487. The Morgan fingerprint density at radius 1 is 1.38 bits per heavy atom. The highest BCUT2D eigenvalue weighted by Crippen LogP contribution is 2.32. The van der Waals surface area contributed by atoms with Crippen molar-refractivity contribution in [3.63, 3.8) is 0 Å². The average Bonchev–Trinajstić information content (AvgIpc) is 2.29. The Morgan fingerprint density at radius 3 is 2.69 bits per heavy atom. The zero-order valence-electron chi connectivity index (χ0n) is 8.47. The average molecular weight is 230 g/mol. The first kappa shape index (κ1) is 10.8. The summed E-state index contributed by atoms with van der Waals surface area (Å²) in [5, 5.41) is 12.0. The van der Waals surface area contributed by atoms with E-state index in [9.17, 15) is 4.79 Å². The maximum atomic E-state index is 11.4. The molecule has 16 heavy (non-hydrogen) atoms. The fraction of sp³-hybridized carbons (Fsp3) is 0.167. The van der Waals surface area contributed by atoms with Gasteiger partial charge < -0.3 is 5.32 Å². The number of nitrogens with zero attached hydrogens (tertiary/aromatic N) is 1. The third kappa shape index (κ3) is 1.95. The molecular formula is C12H10N2OS. The summed E-state index contributed by atoms with van der Waals surface area (Å²) >= 11 is 4.13. The van der Waals surface area contributed by atoms with Crippen LogP contribution in [0.3, 0.4) is 0 Å². The second-order valence-electron chi connectivity index (χ2n) is 3.59. The van der Waals surface area contributed by atoms with Crippen LogP contribution in [0.2, 0.25) is 0 Å². The standard InChI is InChI=1S/C12H10N2OS/c13-7-10-9(6-11(15)14-12(10)16)8-4-2-1-3-5-8/h1-5,9,16H,6H2,(H,14,15)/t9-/m1/s1. The number of rotatable bonds is 1. The number of hydrogen-bond donors (Lipinski definition) is 2. The van der Waals surface area contributed by atoms with Crippen LogP contribution < -0.4 is 5.32 Å². The highest BCUT2D eigenvalue weighted by atomic mass is 32.1. The van der Waals surface area contributed by atoms with Gasteiger partial charge >= 0.3 is 0 Å². The molecule has 0 bridgehead atoms. The summed E-state index contributed by atoms with van der Waals surface area (Å²) in [7, 11) is 0. The van der Waals surface area contributed by atoms with Crippen molar-refractivity contribution in [3.05, 3.63) is 46.5 Å². The largest absolute Gasteiger partial charge is 0.320 e. The molecule has 2 rings (SSSR count). The Hall–Kier alpha value is -1.73.